The van der Waals surface area contributed by atoms with Crippen LogP contribution in [0.1, 0.15) is 22.8 Å². The van der Waals surface area contributed by atoms with Gasteiger partial charge in [0.25, 0.3) is 5.91 Å². The summed E-state index contributed by atoms with van der Waals surface area (Å²) in [4.78, 5) is 20.5. The van der Waals surface area contributed by atoms with Crippen LogP contribution in [0.15, 0.2) is 72.9 Å². The van der Waals surface area contributed by atoms with E-state index in [-0.39, 0.29) is 12.0 Å². The minimum Gasteiger partial charge on any atom is -0.374 e. The van der Waals surface area contributed by atoms with E-state index in [4.69, 9.17) is 9.72 Å². The van der Waals surface area contributed by atoms with Gasteiger partial charge in [-0.1, -0.05) is 60.7 Å². The maximum absolute atomic E-state index is 13.3. The Labute approximate surface area is 199 Å². The highest BCUT2D eigenvalue weighted by Gasteiger charge is 2.23. The van der Waals surface area contributed by atoms with E-state index in [1.807, 2.05) is 54.1 Å². The molecule has 1 aliphatic rings. The van der Waals surface area contributed by atoms with E-state index < -0.39 is 0 Å². The third-order valence-electron chi connectivity index (χ3n) is 6.19. The Kier molecular flexibility index (Phi) is 6.65. The molecule has 2 aromatic carbocycles. The van der Waals surface area contributed by atoms with Crippen LogP contribution >= 0.6 is 0 Å². The van der Waals surface area contributed by atoms with Crippen LogP contribution in [-0.2, 0) is 17.8 Å². The first-order valence-corrected chi connectivity index (χ1v) is 11.8. The van der Waals surface area contributed by atoms with Crippen LogP contribution in [0.5, 0.6) is 0 Å². The molecule has 1 aliphatic heterocycles. The van der Waals surface area contributed by atoms with E-state index in [0.717, 1.165) is 41.9 Å². The molecule has 1 atom stereocenters. The van der Waals surface area contributed by atoms with Crippen molar-refractivity contribution < 1.29 is 9.53 Å². The Balaban J connectivity index is 1.32. The van der Waals surface area contributed by atoms with Crippen LogP contribution in [0, 0.1) is 0 Å². The molecule has 0 spiro atoms. The number of aromatic nitrogens is 3. The molecule has 1 N–H and O–H groups in total. The van der Waals surface area contributed by atoms with Crippen molar-refractivity contribution in [3.8, 4) is 11.3 Å². The summed E-state index contributed by atoms with van der Waals surface area (Å²) in [6, 6.07) is 22.2. The molecular formula is C27H29N5O2. The fourth-order valence-corrected chi connectivity index (χ4v) is 4.41. The summed E-state index contributed by atoms with van der Waals surface area (Å²) < 4.78 is 7.77. The van der Waals surface area contributed by atoms with Gasteiger partial charge in [-0.2, -0.15) is 5.10 Å². The number of carbonyl (C=O) groups is 1. The zero-order valence-electron chi connectivity index (χ0n) is 19.4. The van der Waals surface area contributed by atoms with Gasteiger partial charge in [-0.25, -0.2) is 9.67 Å². The Hall–Kier alpha value is -3.55. The molecule has 7 nitrogen and oxygen atoms in total. The summed E-state index contributed by atoms with van der Waals surface area (Å²) in [5, 5.41) is 8.29. The standard InChI is InChI=1S/C27H29N5O2/c1-2-32-26-24(17-29-32)23(15-25(30-26)21-11-7-4-8-12-21)27(33)28-16-22-19-31(13-14-34-22)18-20-9-5-3-6-10-20/h3-12,15,17,22H,2,13-14,16,18-19H2,1H3,(H,28,33). The lowest BCUT2D eigenvalue weighted by Crippen LogP contribution is -2.47. The van der Waals surface area contributed by atoms with Gasteiger partial charge >= 0.3 is 0 Å². The second-order valence-corrected chi connectivity index (χ2v) is 8.54. The van der Waals surface area contributed by atoms with Crippen molar-refractivity contribution in [1.29, 1.82) is 0 Å². The third kappa shape index (κ3) is 4.85. The Morgan fingerprint density at radius 1 is 1.12 bits per heavy atom. The van der Waals surface area contributed by atoms with Crippen LogP contribution in [-0.4, -0.2) is 57.9 Å². The monoisotopic (exact) mass is 455 g/mol. The summed E-state index contributed by atoms with van der Waals surface area (Å²) in [6.07, 6.45) is 1.68. The number of morpholine rings is 1. The van der Waals surface area contributed by atoms with E-state index in [1.54, 1.807) is 6.20 Å². The molecule has 3 heterocycles. The molecule has 4 aromatic rings. The zero-order valence-corrected chi connectivity index (χ0v) is 19.4. The number of nitrogens with zero attached hydrogens (tertiary/aromatic N) is 4. The summed E-state index contributed by atoms with van der Waals surface area (Å²) in [5.74, 6) is -0.135. The van der Waals surface area contributed by atoms with E-state index in [1.165, 1.54) is 5.56 Å². The van der Waals surface area contributed by atoms with Crippen molar-refractivity contribution in [2.45, 2.75) is 26.1 Å². The first-order valence-electron chi connectivity index (χ1n) is 11.8. The number of carbonyl (C=O) groups excluding carboxylic acids is 1. The van der Waals surface area contributed by atoms with Gasteiger partial charge < -0.3 is 10.1 Å². The summed E-state index contributed by atoms with van der Waals surface area (Å²) in [6.45, 7) is 6.37. The van der Waals surface area contributed by atoms with Gasteiger partial charge in [-0.15, -0.1) is 0 Å². The first-order chi connectivity index (χ1) is 16.7. The highest BCUT2D eigenvalue weighted by atomic mass is 16.5. The minimum absolute atomic E-state index is 0.0503. The molecule has 0 saturated carbocycles. The molecule has 0 radical (unpaired) electrons. The average molecular weight is 456 g/mol. The molecule has 174 valence electrons. The number of hydrogen-bond donors (Lipinski definition) is 1. The van der Waals surface area contributed by atoms with Gasteiger partial charge in [-0.3, -0.25) is 9.69 Å². The van der Waals surface area contributed by atoms with Gasteiger partial charge in [0.15, 0.2) is 5.65 Å². The van der Waals surface area contributed by atoms with Crippen molar-refractivity contribution in [2.24, 2.45) is 0 Å². The van der Waals surface area contributed by atoms with Crippen molar-refractivity contribution in [3.63, 3.8) is 0 Å². The van der Waals surface area contributed by atoms with Gasteiger partial charge in [0, 0.05) is 38.3 Å². The smallest absolute Gasteiger partial charge is 0.252 e. The van der Waals surface area contributed by atoms with E-state index in [9.17, 15) is 4.79 Å². The largest absolute Gasteiger partial charge is 0.374 e. The van der Waals surface area contributed by atoms with Crippen LogP contribution in [0.2, 0.25) is 0 Å². The summed E-state index contributed by atoms with van der Waals surface area (Å²) in [7, 11) is 0. The number of hydrogen-bond acceptors (Lipinski definition) is 5. The lowest BCUT2D eigenvalue weighted by Gasteiger charge is -2.33. The quantitative estimate of drug-likeness (QED) is 0.460. The maximum atomic E-state index is 13.3. The fraction of sp³-hybridized carbons (Fsp3) is 0.296. The number of ether oxygens (including phenoxy) is 1. The Morgan fingerprint density at radius 2 is 1.88 bits per heavy atom. The second kappa shape index (κ2) is 10.2. The minimum atomic E-state index is -0.135. The number of aryl methyl sites for hydroxylation is 1. The van der Waals surface area contributed by atoms with Crippen LogP contribution < -0.4 is 5.32 Å². The summed E-state index contributed by atoms with van der Waals surface area (Å²) >= 11 is 0. The molecule has 1 unspecified atom stereocenters. The molecule has 1 fully saturated rings. The van der Waals surface area contributed by atoms with E-state index in [0.29, 0.717) is 25.3 Å². The number of rotatable bonds is 7. The predicted molar refractivity (Wildman–Crippen MR) is 132 cm³/mol. The lowest BCUT2D eigenvalue weighted by atomic mass is 10.1. The van der Waals surface area contributed by atoms with Crippen LogP contribution in [0.4, 0.5) is 0 Å². The number of benzene rings is 2. The van der Waals surface area contributed by atoms with E-state index >= 15 is 0 Å². The molecular weight excluding hydrogens is 426 g/mol. The predicted octanol–water partition coefficient (Wildman–Crippen LogP) is 3.75. The number of nitrogens with one attached hydrogen (secondary N) is 1. The average Bonchev–Trinajstić information content (AvgIpc) is 3.31. The van der Waals surface area contributed by atoms with Crippen molar-refractivity contribution >= 4 is 16.9 Å². The van der Waals surface area contributed by atoms with Gasteiger partial charge in [-0.05, 0) is 18.6 Å². The van der Waals surface area contributed by atoms with Gasteiger partial charge in [0.05, 0.1) is 35.6 Å². The molecule has 7 heteroatoms. The molecule has 5 rings (SSSR count). The van der Waals surface area contributed by atoms with Gasteiger partial charge in [0.1, 0.15) is 0 Å². The number of fused-ring (bicyclic) bond motifs is 1. The molecule has 1 amide bonds. The molecule has 0 bridgehead atoms. The topological polar surface area (TPSA) is 72.3 Å². The molecule has 34 heavy (non-hydrogen) atoms. The fourth-order valence-electron chi connectivity index (χ4n) is 4.41. The maximum Gasteiger partial charge on any atom is 0.252 e. The Bertz CT molecular complexity index is 1260. The second-order valence-electron chi connectivity index (χ2n) is 8.54. The SMILES string of the molecule is CCn1ncc2c(C(=O)NCC3CN(Cc4ccccc4)CCO3)cc(-c3ccccc3)nc21. The zero-order chi connectivity index (χ0) is 23.3. The van der Waals surface area contributed by atoms with Gasteiger partial charge in [0.2, 0.25) is 0 Å². The van der Waals surface area contributed by atoms with Crippen molar-refractivity contribution in [3.05, 3.63) is 84.1 Å². The normalized spacial score (nSPS) is 16.6. The number of pyridine rings is 1. The van der Waals surface area contributed by atoms with Crippen molar-refractivity contribution in [2.75, 3.05) is 26.2 Å². The molecule has 0 aliphatic carbocycles. The number of amides is 1. The van der Waals surface area contributed by atoms with Crippen LogP contribution in [0.25, 0.3) is 22.3 Å². The summed E-state index contributed by atoms with van der Waals surface area (Å²) in [5.41, 5.74) is 4.32. The molecule has 2 aromatic heterocycles. The highest BCUT2D eigenvalue weighted by molar-refractivity contribution is 6.06. The Morgan fingerprint density at radius 3 is 2.65 bits per heavy atom. The van der Waals surface area contributed by atoms with E-state index in [2.05, 4.69) is 39.6 Å². The van der Waals surface area contributed by atoms with Crippen LogP contribution in [0.3, 0.4) is 0 Å². The lowest BCUT2D eigenvalue weighted by molar-refractivity contribution is -0.0292. The first kappa shape index (κ1) is 22.3. The third-order valence-corrected chi connectivity index (χ3v) is 6.19. The molecule has 1 saturated heterocycles. The van der Waals surface area contributed by atoms with Crippen molar-refractivity contribution in [1.82, 2.24) is 25.0 Å². The highest BCUT2D eigenvalue weighted by Crippen LogP contribution is 2.25.